The normalized spacial score (nSPS) is 11.4. The summed E-state index contributed by atoms with van der Waals surface area (Å²) >= 11 is 2.67. The van der Waals surface area contributed by atoms with E-state index in [9.17, 15) is 13.6 Å². The maximum atomic E-state index is 14.7. The van der Waals surface area contributed by atoms with E-state index in [1.165, 1.54) is 47.8 Å². The largest absolute Gasteiger partial charge is 0.494 e. The number of nitrogens with zero attached hydrogens (tertiary/aromatic N) is 1. The molecule has 0 atom stereocenters. The van der Waals surface area contributed by atoms with Crippen LogP contribution in [0.25, 0.3) is 0 Å². The molecule has 0 fully saturated rings. The molecule has 28 heavy (non-hydrogen) atoms. The van der Waals surface area contributed by atoms with Gasteiger partial charge in [-0.15, -0.1) is 23.5 Å². The number of anilines is 1. The molecule has 2 rings (SSSR count). The summed E-state index contributed by atoms with van der Waals surface area (Å²) in [4.78, 5) is 17.4. The average Bonchev–Trinajstić information content (AvgIpc) is 2.69. The standard InChI is InChI=1S/C20H24F2N2O2S2/c1-5-6-11-26-15-9-7-14(8-10-15)20(21,22)19(25)24-17-16(27-3)12-13(2)23-18(17)28-4/h7-10,12H,5-6,11H2,1-4H3,(H,24,25). The lowest BCUT2D eigenvalue weighted by molar-refractivity contribution is -0.141. The van der Waals surface area contributed by atoms with Crippen LogP contribution in [0.1, 0.15) is 31.0 Å². The highest BCUT2D eigenvalue weighted by Gasteiger charge is 2.41. The lowest BCUT2D eigenvalue weighted by Gasteiger charge is -2.19. The molecule has 1 heterocycles. The molecule has 4 nitrogen and oxygen atoms in total. The minimum atomic E-state index is -3.68. The van der Waals surface area contributed by atoms with Crippen LogP contribution >= 0.6 is 23.5 Å². The summed E-state index contributed by atoms with van der Waals surface area (Å²) < 4.78 is 35.0. The molecular formula is C20H24F2N2O2S2. The van der Waals surface area contributed by atoms with E-state index in [1.807, 2.05) is 20.1 Å². The Morgan fingerprint density at radius 1 is 1.21 bits per heavy atom. The number of alkyl halides is 2. The van der Waals surface area contributed by atoms with Gasteiger partial charge in [0.25, 0.3) is 5.91 Å². The van der Waals surface area contributed by atoms with E-state index in [0.29, 0.717) is 28.0 Å². The van der Waals surface area contributed by atoms with Crippen molar-refractivity contribution < 1.29 is 18.3 Å². The van der Waals surface area contributed by atoms with Crippen LogP contribution < -0.4 is 10.1 Å². The summed E-state index contributed by atoms with van der Waals surface area (Å²) in [7, 11) is 0. The summed E-state index contributed by atoms with van der Waals surface area (Å²) in [6.45, 7) is 4.39. The van der Waals surface area contributed by atoms with Crippen molar-refractivity contribution >= 4 is 35.1 Å². The third-order valence-corrected chi connectivity index (χ3v) is 5.44. The Kier molecular flexibility index (Phi) is 8.12. The monoisotopic (exact) mass is 426 g/mol. The zero-order valence-electron chi connectivity index (χ0n) is 16.3. The number of nitrogens with one attached hydrogen (secondary N) is 1. The zero-order chi connectivity index (χ0) is 20.7. The second kappa shape index (κ2) is 10.1. The number of unbranched alkanes of at least 4 members (excludes halogenated alkanes) is 1. The molecule has 0 unspecified atom stereocenters. The Morgan fingerprint density at radius 2 is 1.89 bits per heavy atom. The number of carbonyl (C=O) groups excluding carboxylic acids is 1. The van der Waals surface area contributed by atoms with Crippen LogP contribution in [-0.4, -0.2) is 30.0 Å². The number of amides is 1. The molecule has 0 aliphatic heterocycles. The summed E-state index contributed by atoms with van der Waals surface area (Å²) in [5, 5.41) is 2.89. The number of benzene rings is 1. The maximum Gasteiger partial charge on any atom is 0.350 e. The Bertz CT molecular complexity index is 789. The van der Waals surface area contributed by atoms with E-state index in [1.54, 1.807) is 12.3 Å². The van der Waals surface area contributed by atoms with Gasteiger partial charge in [-0.3, -0.25) is 4.79 Å². The van der Waals surface area contributed by atoms with Gasteiger partial charge in [0.1, 0.15) is 10.8 Å². The Balaban J connectivity index is 2.21. The number of pyridine rings is 1. The third-order valence-electron chi connectivity index (χ3n) is 4.00. The first-order valence-electron chi connectivity index (χ1n) is 8.85. The maximum absolute atomic E-state index is 14.7. The summed E-state index contributed by atoms with van der Waals surface area (Å²) in [6.07, 6.45) is 5.49. The smallest absolute Gasteiger partial charge is 0.350 e. The van der Waals surface area contributed by atoms with Crippen molar-refractivity contribution in [2.24, 2.45) is 0 Å². The van der Waals surface area contributed by atoms with Crippen LogP contribution in [-0.2, 0) is 10.7 Å². The fourth-order valence-corrected chi connectivity index (χ4v) is 3.76. The molecule has 1 aromatic carbocycles. The summed E-state index contributed by atoms with van der Waals surface area (Å²) in [6, 6.07) is 7.12. The molecule has 152 valence electrons. The Hall–Kier alpha value is -1.80. The van der Waals surface area contributed by atoms with E-state index < -0.39 is 11.8 Å². The van der Waals surface area contributed by atoms with Crippen LogP contribution in [0.2, 0.25) is 0 Å². The van der Waals surface area contributed by atoms with Gasteiger partial charge in [0.15, 0.2) is 0 Å². The topological polar surface area (TPSA) is 51.2 Å². The van der Waals surface area contributed by atoms with Crippen molar-refractivity contribution in [2.45, 2.75) is 42.5 Å². The number of aryl methyl sites for hydroxylation is 1. The summed E-state index contributed by atoms with van der Waals surface area (Å²) in [5.41, 5.74) is 0.691. The second-order valence-electron chi connectivity index (χ2n) is 6.11. The number of ether oxygens (including phenoxy) is 1. The predicted octanol–water partition coefficient (Wildman–Crippen LogP) is 5.74. The highest BCUT2D eigenvalue weighted by atomic mass is 32.2. The fraction of sp³-hybridized carbons (Fsp3) is 0.400. The number of hydrogen-bond acceptors (Lipinski definition) is 5. The second-order valence-corrected chi connectivity index (χ2v) is 7.75. The lowest BCUT2D eigenvalue weighted by Crippen LogP contribution is -2.32. The van der Waals surface area contributed by atoms with Crippen LogP contribution in [0, 0.1) is 6.92 Å². The van der Waals surface area contributed by atoms with Gasteiger partial charge in [-0.1, -0.05) is 13.3 Å². The van der Waals surface area contributed by atoms with Crippen LogP contribution in [0.3, 0.4) is 0 Å². The molecular weight excluding hydrogens is 402 g/mol. The van der Waals surface area contributed by atoms with Gasteiger partial charge in [0, 0.05) is 16.2 Å². The molecule has 0 bridgehead atoms. The molecule has 8 heteroatoms. The van der Waals surface area contributed by atoms with Crippen LogP contribution in [0.4, 0.5) is 14.5 Å². The van der Waals surface area contributed by atoms with Crippen molar-refractivity contribution in [1.82, 2.24) is 4.98 Å². The van der Waals surface area contributed by atoms with Crippen molar-refractivity contribution in [2.75, 3.05) is 24.4 Å². The molecule has 0 radical (unpaired) electrons. The van der Waals surface area contributed by atoms with E-state index >= 15 is 0 Å². The first kappa shape index (κ1) is 22.5. The molecule has 0 aliphatic carbocycles. The minimum Gasteiger partial charge on any atom is -0.494 e. The third kappa shape index (κ3) is 5.38. The number of hydrogen-bond donors (Lipinski definition) is 1. The molecule has 0 spiro atoms. The Morgan fingerprint density at radius 3 is 2.46 bits per heavy atom. The van der Waals surface area contributed by atoms with E-state index in [-0.39, 0.29) is 5.56 Å². The molecule has 2 aromatic rings. The highest BCUT2D eigenvalue weighted by molar-refractivity contribution is 7.99. The highest BCUT2D eigenvalue weighted by Crippen LogP contribution is 2.36. The minimum absolute atomic E-state index is 0.315. The van der Waals surface area contributed by atoms with Gasteiger partial charge in [0.05, 0.1) is 12.3 Å². The fourth-order valence-electron chi connectivity index (χ4n) is 2.46. The van der Waals surface area contributed by atoms with Crippen molar-refractivity contribution in [3.8, 4) is 5.75 Å². The Labute approximate surface area is 172 Å². The first-order valence-corrected chi connectivity index (χ1v) is 11.3. The van der Waals surface area contributed by atoms with E-state index in [4.69, 9.17) is 4.74 Å². The van der Waals surface area contributed by atoms with Gasteiger partial charge < -0.3 is 10.1 Å². The molecule has 0 aliphatic rings. The molecule has 0 saturated heterocycles. The lowest BCUT2D eigenvalue weighted by atomic mass is 10.1. The molecule has 1 aromatic heterocycles. The van der Waals surface area contributed by atoms with Crippen molar-refractivity contribution in [3.05, 3.63) is 41.6 Å². The molecule has 1 amide bonds. The number of halogens is 2. The van der Waals surface area contributed by atoms with Gasteiger partial charge in [-0.05, 0) is 56.2 Å². The van der Waals surface area contributed by atoms with Gasteiger partial charge >= 0.3 is 5.92 Å². The molecule has 0 saturated carbocycles. The van der Waals surface area contributed by atoms with Crippen molar-refractivity contribution in [3.63, 3.8) is 0 Å². The van der Waals surface area contributed by atoms with Crippen LogP contribution in [0.15, 0.2) is 40.3 Å². The SMILES string of the molecule is CCCCOc1ccc(C(F)(F)C(=O)Nc2c(SC)cc(C)nc2SC)cc1. The zero-order valence-corrected chi connectivity index (χ0v) is 18.0. The van der Waals surface area contributed by atoms with Crippen LogP contribution in [0.5, 0.6) is 5.75 Å². The number of aromatic nitrogens is 1. The van der Waals surface area contributed by atoms with E-state index in [0.717, 1.165) is 18.5 Å². The number of carbonyl (C=O) groups is 1. The average molecular weight is 427 g/mol. The number of thioether (sulfide) groups is 2. The van der Waals surface area contributed by atoms with Gasteiger partial charge in [-0.2, -0.15) is 8.78 Å². The predicted molar refractivity (Wildman–Crippen MR) is 112 cm³/mol. The van der Waals surface area contributed by atoms with Crippen molar-refractivity contribution in [1.29, 1.82) is 0 Å². The first-order chi connectivity index (χ1) is 13.3. The number of rotatable bonds is 9. The van der Waals surface area contributed by atoms with E-state index in [2.05, 4.69) is 10.3 Å². The van der Waals surface area contributed by atoms with Gasteiger partial charge in [0.2, 0.25) is 0 Å². The quantitative estimate of drug-likeness (QED) is 0.409. The molecule has 1 N–H and O–H groups in total. The van der Waals surface area contributed by atoms with Gasteiger partial charge in [-0.25, -0.2) is 4.98 Å². The summed E-state index contributed by atoms with van der Waals surface area (Å²) in [5.74, 6) is -4.56.